The van der Waals surface area contributed by atoms with Crippen LogP contribution in [-0.2, 0) is 25.4 Å². The van der Waals surface area contributed by atoms with Crippen molar-refractivity contribution in [3.8, 4) is 0 Å². The Morgan fingerprint density at radius 3 is 3.06 bits per heavy atom. The molecule has 2 aliphatic heterocycles. The maximum atomic E-state index is 14.0. The summed E-state index contributed by atoms with van der Waals surface area (Å²) in [5.74, 6) is -2.96. The number of hydrogen-bond acceptors (Lipinski definition) is 2. The largest absolute Gasteiger partial charge is 0.312 e. The van der Waals surface area contributed by atoms with E-state index in [0.29, 0.717) is 24.2 Å². The molecule has 0 saturated heterocycles. The lowest BCUT2D eigenvalue weighted by Gasteiger charge is -2.18. The third-order valence-electron chi connectivity index (χ3n) is 3.46. The molecule has 17 heavy (non-hydrogen) atoms. The molecule has 0 fully saturated rings. The third kappa shape index (κ3) is 1.74. The number of rotatable bonds is 0. The van der Waals surface area contributed by atoms with Crippen molar-refractivity contribution in [2.24, 2.45) is 0 Å². The van der Waals surface area contributed by atoms with Gasteiger partial charge < -0.3 is 5.32 Å². The van der Waals surface area contributed by atoms with Gasteiger partial charge in [-0.1, -0.05) is 0 Å². The van der Waals surface area contributed by atoms with Crippen LogP contribution in [0.15, 0.2) is 0 Å². The molecule has 3 rings (SSSR count). The van der Waals surface area contributed by atoms with Gasteiger partial charge in [-0.2, -0.15) is 13.9 Å². The van der Waals surface area contributed by atoms with Gasteiger partial charge >= 0.3 is 0 Å². The number of nitrogens with one attached hydrogen (secondary N) is 1. The second-order valence-corrected chi connectivity index (χ2v) is 4.72. The predicted molar refractivity (Wildman–Crippen MR) is 55.7 cm³/mol. The highest BCUT2D eigenvalue weighted by molar-refractivity contribution is 5.32. The average Bonchev–Trinajstić information content (AvgIpc) is 2.59. The van der Waals surface area contributed by atoms with Gasteiger partial charge in [0.05, 0.1) is 12.2 Å². The molecule has 0 amide bonds. The summed E-state index contributed by atoms with van der Waals surface area (Å²) in [4.78, 5) is 0. The first-order valence-corrected chi connectivity index (χ1v) is 5.89. The van der Waals surface area contributed by atoms with Crippen molar-refractivity contribution in [1.29, 1.82) is 0 Å². The fourth-order valence-electron chi connectivity index (χ4n) is 2.63. The van der Waals surface area contributed by atoms with Crippen molar-refractivity contribution in [1.82, 2.24) is 15.1 Å². The van der Waals surface area contributed by atoms with E-state index in [0.717, 1.165) is 6.54 Å². The highest BCUT2D eigenvalue weighted by atomic mass is 19.3. The molecule has 2 aliphatic rings. The Kier molecular flexibility index (Phi) is 2.43. The van der Waals surface area contributed by atoms with Gasteiger partial charge in [0, 0.05) is 31.5 Å². The summed E-state index contributed by atoms with van der Waals surface area (Å²) in [6, 6.07) is 0. The number of aromatic nitrogens is 2. The van der Waals surface area contributed by atoms with E-state index in [1.54, 1.807) is 0 Å². The molecule has 3 heterocycles. The van der Waals surface area contributed by atoms with Crippen molar-refractivity contribution in [3.05, 3.63) is 17.0 Å². The van der Waals surface area contributed by atoms with Gasteiger partial charge in [0.1, 0.15) is 11.9 Å². The van der Waals surface area contributed by atoms with Crippen LogP contribution in [0.5, 0.6) is 0 Å². The maximum Gasteiger partial charge on any atom is 0.289 e. The van der Waals surface area contributed by atoms with Crippen molar-refractivity contribution >= 4 is 0 Å². The molecular formula is C11H14F3N3. The SMILES string of the molecule is F[C@H]1CCC(F)(F)c2c3c(nn2C1)CCNC3. The minimum atomic E-state index is -2.96. The minimum Gasteiger partial charge on any atom is -0.312 e. The Bertz CT molecular complexity index is 441. The Morgan fingerprint density at radius 1 is 1.41 bits per heavy atom. The number of hydrogen-bond donors (Lipinski definition) is 1. The van der Waals surface area contributed by atoms with Crippen molar-refractivity contribution in [2.75, 3.05) is 6.54 Å². The topological polar surface area (TPSA) is 29.9 Å². The quantitative estimate of drug-likeness (QED) is 0.754. The zero-order valence-electron chi connectivity index (χ0n) is 9.35. The molecule has 1 atom stereocenters. The number of alkyl halides is 3. The van der Waals surface area contributed by atoms with Crippen LogP contribution in [0.1, 0.15) is 29.8 Å². The van der Waals surface area contributed by atoms with Crippen LogP contribution >= 0.6 is 0 Å². The van der Waals surface area contributed by atoms with E-state index >= 15 is 0 Å². The van der Waals surface area contributed by atoms with Gasteiger partial charge in [-0.3, -0.25) is 4.68 Å². The Hall–Kier alpha value is -1.04. The number of nitrogens with zero attached hydrogens (tertiary/aromatic N) is 2. The van der Waals surface area contributed by atoms with Crippen molar-refractivity contribution in [2.45, 2.75) is 44.4 Å². The molecule has 0 aromatic carbocycles. The van der Waals surface area contributed by atoms with Gasteiger partial charge in [-0.15, -0.1) is 0 Å². The van der Waals surface area contributed by atoms with Gasteiger partial charge in [0.15, 0.2) is 0 Å². The second kappa shape index (κ2) is 3.73. The number of fused-ring (bicyclic) bond motifs is 3. The molecule has 1 N–H and O–H groups in total. The first kappa shape index (κ1) is 11.1. The summed E-state index contributed by atoms with van der Waals surface area (Å²) in [5, 5.41) is 7.22. The molecule has 0 bridgehead atoms. The van der Waals surface area contributed by atoms with Crippen LogP contribution in [0.2, 0.25) is 0 Å². The second-order valence-electron chi connectivity index (χ2n) is 4.72. The molecular weight excluding hydrogens is 231 g/mol. The lowest BCUT2D eigenvalue weighted by Crippen LogP contribution is -2.26. The summed E-state index contributed by atoms with van der Waals surface area (Å²) in [7, 11) is 0. The minimum absolute atomic E-state index is 0.0437. The smallest absolute Gasteiger partial charge is 0.289 e. The maximum absolute atomic E-state index is 14.0. The van der Waals surface area contributed by atoms with E-state index in [2.05, 4.69) is 10.4 Å². The molecule has 0 spiro atoms. The van der Waals surface area contributed by atoms with Crippen LogP contribution in [0.3, 0.4) is 0 Å². The van der Waals surface area contributed by atoms with E-state index in [1.807, 2.05) is 0 Å². The monoisotopic (exact) mass is 245 g/mol. The molecule has 94 valence electrons. The van der Waals surface area contributed by atoms with Crippen LogP contribution in [0.4, 0.5) is 13.2 Å². The lowest BCUT2D eigenvalue weighted by molar-refractivity contribution is -0.0221. The van der Waals surface area contributed by atoms with Gasteiger partial charge in [0.25, 0.3) is 5.92 Å². The third-order valence-corrected chi connectivity index (χ3v) is 3.46. The highest BCUT2D eigenvalue weighted by Crippen LogP contribution is 2.40. The van der Waals surface area contributed by atoms with Crippen LogP contribution < -0.4 is 5.32 Å². The van der Waals surface area contributed by atoms with E-state index in [4.69, 9.17) is 0 Å². The Labute approximate surface area is 97.0 Å². The predicted octanol–water partition coefficient (Wildman–Crippen LogP) is 1.75. The number of halogens is 3. The van der Waals surface area contributed by atoms with Gasteiger partial charge in [0.2, 0.25) is 0 Å². The fraction of sp³-hybridized carbons (Fsp3) is 0.727. The van der Waals surface area contributed by atoms with E-state index < -0.39 is 18.5 Å². The molecule has 0 saturated carbocycles. The van der Waals surface area contributed by atoms with Gasteiger partial charge in [-0.05, 0) is 6.42 Å². The molecule has 0 unspecified atom stereocenters. The summed E-state index contributed by atoms with van der Waals surface area (Å²) in [6.45, 7) is 1.11. The molecule has 0 radical (unpaired) electrons. The van der Waals surface area contributed by atoms with Crippen LogP contribution in [0, 0.1) is 0 Å². The molecule has 0 aliphatic carbocycles. The first-order chi connectivity index (χ1) is 8.08. The molecule has 3 nitrogen and oxygen atoms in total. The zero-order chi connectivity index (χ0) is 12.0. The summed E-state index contributed by atoms with van der Waals surface area (Å²) < 4.78 is 42.6. The van der Waals surface area contributed by atoms with E-state index in [-0.39, 0.29) is 18.7 Å². The first-order valence-electron chi connectivity index (χ1n) is 5.89. The fourth-order valence-corrected chi connectivity index (χ4v) is 2.63. The van der Waals surface area contributed by atoms with Crippen LogP contribution in [0.25, 0.3) is 0 Å². The molecule has 1 aromatic rings. The normalized spacial score (nSPS) is 27.1. The van der Waals surface area contributed by atoms with E-state index in [1.165, 1.54) is 4.68 Å². The standard InChI is InChI=1S/C11H14F3N3/c12-7-1-3-11(13,14)10-8-5-15-4-2-9(8)16-17(10)6-7/h7,15H,1-6H2/t7-/m0/s1. The van der Waals surface area contributed by atoms with E-state index in [9.17, 15) is 13.2 Å². The summed E-state index contributed by atoms with van der Waals surface area (Å²) in [5.41, 5.74) is 1.21. The highest BCUT2D eigenvalue weighted by Gasteiger charge is 2.42. The van der Waals surface area contributed by atoms with Gasteiger partial charge in [-0.25, -0.2) is 4.39 Å². The van der Waals surface area contributed by atoms with Crippen molar-refractivity contribution in [3.63, 3.8) is 0 Å². The Balaban J connectivity index is 2.13. The summed E-state index contributed by atoms with van der Waals surface area (Å²) >= 11 is 0. The molecule has 6 heteroatoms. The lowest BCUT2D eigenvalue weighted by atomic mass is 10.0. The van der Waals surface area contributed by atoms with Crippen molar-refractivity contribution < 1.29 is 13.2 Å². The van der Waals surface area contributed by atoms with Crippen LogP contribution in [-0.4, -0.2) is 22.5 Å². The average molecular weight is 245 g/mol. The summed E-state index contributed by atoms with van der Waals surface area (Å²) in [6.07, 6.45) is -1.11. The zero-order valence-corrected chi connectivity index (χ0v) is 9.35. The Morgan fingerprint density at radius 2 is 2.24 bits per heavy atom. The molecule has 1 aromatic heterocycles.